The van der Waals surface area contributed by atoms with Crippen molar-refractivity contribution in [1.29, 1.82) is 5.26 Å². The first-order chi connectivity index (χ1) is 10.2. The first-order valence-electron chi connectivity index (χ1n) is 6.45. The first-order valence-corrected chi connectivity index (χ1v) is 8.30. The predicted molar refractivity (Wildman–Crippen MR) is 91.7 cm³/mol. The minimum atomic E-state index is 0.0246. The van der Waals surface area contributed by atoms with Crippen molar-refractivity contribution in [1.82, 2.24) is 0 Å². The molecule has 0 spiro atoms. The molecule has 3 rings (SSSR count). The van der Waals surface area contributed by atoms with Gasteiger partial charge in [-0.05, 0) is 42.0 Å². The Bertz CT molecular complexity index is 702. The van der Waals surface area contributed by atoms with Crippen molar-refractivity contribution in [2.45, 2.75) is 5.50 Å². The number of nitriles is 1. The summed E-state index contributed by atoms with van der Waals surface area (Å²) in [5, 5.41) is 12.2. The van der Waals surface area contributed by atoms with E-state index in [2.05, 4.69) is 39.4 Å². The van der Waals surface area contributed by atoms with Crippen LogP contribution in [0.5, 0.6) is 0 Å². The average molecular weight is 358 g/mol. The van der Waals surface area contributed by atoms with Crippen LogP contribution >= 0.6 is 27.7 Å². The molecule has 2 aromatic carbocycles. The Morgan fingerprint density at radius 1 is 1.14 bits per heavy atom. The lowest BCUT2D eigenvalue weighted by molar-refractivity contribution is 1.08. The van der Waals surface area contributed by atoms with Gasteiger partial charge in [-0.1, -0.05) is 28.1 Å². The Morgan fingerprint density at radius 3 is 2.52 bits per heavy atom. The second-order valence-corrected chi connectivity index (χ2v) is 6.56. The van der Waals surface area contributed by atoms with Crippen LogP contribution in [-0.2, 0) is 0 Å². The van der Waals surface area contributed by atoms with E-state index in [9.17, 15) is 0 Å². The molecule has 0 fully saturated rings. The highest BCUT2D eigenvalue weighted by Gasteiger charge is 2.18. The van der Waals surface area contributed by atoms with E-state index in [4.69, 9.17) is 10.3 Å². The largest absolute Gasteiger partial charge is 0.355 e. The summed E-state index contributed by atoms with van der Waals surface area (Å²) in [6.07, 6.45) is 0. The van der Waals surface area contributed by atoms with Crippen LogP contribution in [-0.4, -0.2) is 17.0 Å². The fourth-order valence-corrected chi connectivity index (χ4v) is 3.27. The highest BCUT2D eigenvalue weighted by Crippen LogP contribution is 2.26. The van der Waals surface area contributed by atoms with Crippen molar-refractivity contribution in [3.63, 3.8) is 0 Å². The molecule has 0 saturated carbocycles. The summed E-state index contributed by atoms with van der Waals surface area (Å²) in [5.74, 6) is 0.898. The summed E-state index contributed by atoms with van der Waals surface area (Å²) in [6.45, 7) is 0. The van der Waals surface area contributed by atoms with Gasteiger partial charge in [0.15, 0.2) is 5.50 Å². The first kappa shape index (κ1) is 14.2. The molecule has 1 unspecified atom stereocenters. The third-order valence-corrected chi connectivity index (χ3v) is 4.64. The fourth-order valence-electron chi connectivity index (χ4n) is 2.03. The number of benzene rings is 2. The second-order valence-electron chi connectivity index (χ2n) is 4.58. The van der Waals surface area contributed by atoms with Crippen LogP contribution in [0.2, 0.25) is 0 Å². The number of thioether (sulfide) groups is 1. The topological polar surface area (TPSA) is 48.2 Å². The van der Waals surface area contributed by atoms with E-state index in [1.807, 2.05) is 24.3 Å². The van der Waals surface area contributed by atoms with E-state index in [-0.39, 0.29) is 5.50 Å². The van der Waals surface area contributed by atoms with Gasteiger partial charge in [0, 0.05) is 15.9 Å². The predicted octanol–water partition coefficient (Wildman–Crippen LogP) is 4.25. The number of halogens is 1. The molecule has 104 valence electrons. The van der Waals surface area contributed by atoms with E-state index in [1.54, 1.807) is 23.9 Å². The molecule has 2 aromatic rings. The lowest BCUT2D eigenvalue weighted by Crippen LogP contribution is -2.09. The summed E-state index contributed by atoms with van der Waals surface area (Å²) >= 11 is 5.20. The van der Waals surface area contributed by atoms with E-state index in [0.29, 0.717) is 5.56 Å². The molecular formula is C16H12BrN3S. The smallest absolute Gasteiger partial charge is 0.167 e. The number of anilines is 1. The second kappa shape index (κ2) is 6.33. The average Bonchev–Trinajstić information content (AvgIpc) is 2.97. The van der Waals surface area contributed by atoms with Crippen molar-refractivity contribution >= 4 is 39.1 Å². The maximum absolute atomic E-state index is 8.79. The number of nitrogens with one attached hydrogen (secondary N) is 1. The third-order valence-electron chi connectivity index (χ3n) is 3.13. The van der Waals surface area contributed by atoms with Gasteiger partial charge in [-0.3, -0.25) is 4.99 Å². The van der Waals surface area contributed by atoms with Gasteiger partial charge < -0.3 is 5.32 Å². The van der Waals surface area contributed by atoms with Gasteiger partial charge >= 0.3 is 0 Å². The highest BCUT2D eigenvalue weighted by molar-refractivity contribution is 9.10. The highest BCUT2D eigenvalue weighted by atomic mass is 79.9. The summed E-state index contributed by atoms with van der Waals surface area (Å²) in [4.78, 5) is 4.71. The zero-order valence-electron chi connectivity index (χ0n) is 11.1. The van der Waals surface area contributed by atoms with E-state index >= 15 is 0 Å². The van der Waals surface area contributed by atoms with Crippen LogP contribution in [0.25, 0.3) is 0 Å². The molecule has 0 aromatic heterocycles. The molecule has 0 radical (unpaired) electrons. The molecule has 1 aliphatic heterocycles. The summed E-state index contributed by atoms with van der Waals surface area (Å²) in [6, 6.07) is 17.8. The summed E-state index contributed by atoms with van der Waals surface area (Å²) < 4.78 is 1.07. The number of hydrogen-bond donors (Lipinski definition) is 1. The van der Waals surface area contributed by atoms with Gasteiger partial charge in [-0.25, -0.2) is 0 Å². The van der Waals surface area contributed by atoms with Gasteiger partial charge in [0.2, 0.25) is 0 Å². The van der Waals surface area contributed by atoms with Crippen molar-refractivity contribution in [2.24, 2.45) is 4.99 Å². The zero-order chi connectivity index (χ0) is 14.7. The number of aliphatic imine (C=N–C) groups is 1. The number of nitrogens with zero attached hydrogens (tertiary/aromatic N) is 2. The minimum Gasteiger partial charge on any atom is -0.355 e. The van der Waals surface area contributed by atoms with E-state index < -0.39 is 0 Å². The molecule has 0 saturated heterocycles. The van der Waals surface area contributed by atoms with Crippen molar-refractivity contribution in [3.05, 3.63) is 64.1 Å². The number of rotatable bonds is 3. The summed E-state index contributed by atoms with van der Waals surface area (Å²) in [5.41, 5.74) is 3.94. The van der Waals surface area contributed by atoms with Crippen LogP contribution < -0.4 is 5.32 Å². The third kappa shape index (κ3) is 3.46. The molecule has 0 bridgehead atoms. The van der Waals surface area contributed by atoms with Crippen molar-refractivity contribution in [3.8, 4) is 6.07 Å². The van der Waals surface area contributed by atoms with Crippen LogP contribution in [0.3, 0.4) is 0 Å². The quantitative estimate of drug-likeness (QED) is 0.892. The SMILES string of the molecule is N#Cc1ccc(NC2N=C(c3ccc(Br)cc3)CS2)cc1. The minimum absolute atomic E-state index is 0.0246. The molecule has 1 N–H and O–H groups in total. The van der Waals surface area contributed by atoms with Crippen molar-refractivity contribution in [2.75, 3.05) is 11.1 Å². The standard InChI is InChI=1S/C16H12BrN3S/c17-13-5-3-12(4-6-13)15-10-21-16(20-15)19-14-7-1-11(9-18)2-8-14/h1-8,16,19H,10H2. The molecule has 1 heterocycles. The Hall–Kier alpha value is -1.77. The number of hydrogen-bond acceptors (Lipinski definition) is 4. The Kier molecular flexibility index (Phi) is 4.28. The van der Waals surface area contributed by atoms with E-state index in [1.165, 1.54) is 0 Å². The zero-order valence-corrected chi connectivity index (χ0v) is 13.5. The van der Waals surface area contributed by atoms with Gasteiger partial charge in [0.05, 0.1) is 17.3 Å². The van der Waals surface area contributed by atoms with Gasteiger partial charge in [-0.2, -0.15) is 5.26 Å². The van der Waals surface area contributed by atoms with E-state index in [0.717, 1.165) is 27.2 Å². The molecule has 1 aliphatic rings. The normalized spacial score (nSPS) is 17.1. The van der Waals surface area contributed by atoms with Crippen LogP contribution in [0.1, 0.15) is 11.1 Å². The van der Waals surface area contributed by atoms with Crippen LogP contribution in [0, 0.1) is 11.3 Å². The molecule has 1 atom stereocenters. The molecule has 21 heavy (non-hydrogen) atoms. The van der Waals surface area contributed by atoms with Gasteiger partial charge in [0.1, 0.15) is 0 Å². The maximum Gasteiger partial charge on any atom is 0.167 e. The Morgan fingerprint density at radius 2 is 1.86 bits per heavy atom. The fraction of sp³-hybridized carbons (Fsp3) is 0.125. The molecular weight excluding hydrogens is 346 g/mol. The Labute approximate surface area is 136 Å². The van der Waals surface area contributed by atoms with Crippen LogP contribution in [0.15, 0.2) is 58.0 Å². The maximum atomic E-state index is 8.79. The molecule has 0 amide bonds. The van der Waals surface area contributed by atoms with Gasteiger partial charge in [0.25, 0.3) is 0 Å². The monoisotopic (exact) mass is 357 g/mol. The van der Waals surface area contributed by atoms with Crippen LogP contribution in [0.4, 0.5) is 5.69 Å². The summed E-state index contributed by atoms with van der Waals surface area (Å²) in [7, 11) is 0. The lowest BCUT2D eigenvalue weighted by Gasteiger charge is -2.10. The molecule has 5 heteroatoms. The molecule has 0 aliphatic carbocycles. The van der Waals surface area contributed by atoms with Crippen molar-refractivity contribution < 1.29 is 0 Å². The lowest BCUT2D eigenvalue weighted by atomic mass is 10.1. The molecule has 3 nitrogen and oxygen atoms in total. The van der Waals surface area contributed by atoms with Gasteiger partial charge in [-0.15, -0.1) is 11.8 Å². The Balaban J connectivity index is 1.70.